The van der Waals surface area contributed by atoms with E-state index < -0.39 is 0 Å². The first-order valence-electron chi connectivity index (χ1n) is 5.56. The molecule has 0 radical (unpaired) electrons. The first-order chi connectivity index (χ1) is 7.08. The van der Waals surface area contributed by atoms with Crippen LogP contribution < -0.4 is 10.6 Å². The molecular formula is C12H22N2O. The number of hydrogen-bond donors (Lipinski definition) is 2. The second kappa shape index (κ2) is 5.93. The third-order valence-corrected chi connectivity index (χ3v) is 2.06. The lowest BCUT2D eigenvalue weighted by Gasteiger charge is -2.20. The highest BCUT2D eigenvalue weighted by atomic mass is 16.3. The van der Waals surface area contributed by atoms with Crippen LogP contribution in [0.3, 0.4) is 0 Å². The maximum atomic E-state index is 5.22. The first-order valence-corrected chi connectivity index (χ1v) is 5.56. The predicted molar refractivity (Wildman–Crippen MR) is 62.8 cm³/mol. The number of hydrogen-bond acceptors (Lipinski definition) is 3. The molecular weight excluding hydrogens is 188 g/mol. The van der Waals surface area contributed by atoms with Crippen molar-refractivity contribution in [2.75, 3.05) is 13.1 Å². The highest BCUT2D eigenvalue weighted by Gasteiger charge is 2.06. The molecule has 2 N–H and O–H groups in total. The molecule has 0 aliphatic carbocycles. The molecule has 1 aromatic heterocycles. The van der Waals surface area contributed by atoms with Crippen molar-refractivity contribution in [2.45, 2.75) is 39.3 Å². The van der Waals surface area contributed by atoms with Gasteiger partial charge in [-0.15, -0.1) is 0 Å². The summed E-state index contributed by atoms with van der Waals surface area (Å²) in [6.07, 6.45) is 2.84. The molecule has 1 rings (SSSR count). The predicted octanol–water partition coefficient (Wildman–Crippen LogP) is 2.15. The maximum absolute atomic E-state index is 5.22. The fourth-order valence-corrected chi connectivity index (χ4v) is 1.30. The van der Waals surface area contributed by atoms with Crippen LogP contribution >= 0.6 is 0 Å². The summed E-state index contributed by atoms with van der Waals surface area (Å²) >= 11 is 0. The fourth-order valence-electron chi connectivity index (χ4n) is 1.30. The van der Waals surface area contributed by atoms with E-state index in [2.05, 4.69) is 31.4 Å². The summed E-state index contributed by atoms with van der Waals surface area (Å²) < 4.78 is 5.22. The minimum atomic E-state index is 0.223. The standard InChI is InChI=1S/C12H22N2O/c1-12(2,3)14-8-5-7-13-10-11-6-4-9-15-11/h4,6,9,13-14H,5,7-8,10H2,1-3H3. The van der Waals surface area contributed by atoms with Crippen molar-refractivity contribution in [1.82, 2.24) is 10.6 Å². The molecule has 1 aromatic rings. The van der Waals surface area contributed by atoms with Gasteiger partial charge < -0.3 is 15.1 Å². The van der Waals surface area contributed by atoms with Crippen LogP contribution in [-0.4, -0.2) is 18.6 Å². The van der Waals surface area contributed by atoms with Crippen LogP contribution in [0.1, 0.15) is 33.0 Å². The van der Waals surface area contributed by atoms with Gasteiger partial charge in [-0.1, -0.05) is 0 Å². The van der Waals surface area contributed by atoms with Crippen molar-refractivity contribution >= 4 is 0 Å². The third kappa shape index (κ3) is 6.31. The van der Waals surface area contributed by atoms with E-state index in [-0.39, 0.29) is 5.54 Å². The summed E-state index contributed by atoms with van der Waals surface area (Å²) in [4.78, 5) is 0. The molecule has 0 bridgehead atoms. The van der Waals surface area contributed by atoms with Gasteiger partial charge in [0.25, 0.3) is 0 Å². The van der Waals surface area contributed by atoms with Crippen LogP contribution in [0.4, 0.5) is 0 Å². The van der Waals surface area contributed by atoms with Crippen LogP contribution in [0.2, 0.25) is 0 Å². The molecule has 0 spiro atoms. The Morgan fingerprint density at radius 1 is 1.27 bits per heavy atom. The van der Waals surface area contributed by atoms with Crippen LogP contribution in [0.5, 0.6) is 0 Å². The van der Waals surface area contributed by atoms with Gasteiger partial charge in [0.1, 0.15) is 5.76 Å². The number of rotatable bonds is 6. The van der Waals surface area contributed by atoms with E-state index in [1.165, 1.54) is 0 Å². The molecule has 0 aliphatic heterocycles. The zero-order valence-electron chi connectivity index (χ0n) is 9.97. The van der Waals surface area contributed by atoms with E-state index in [4.69, 9.17) is 4.42 Å². The Bertz CT molecular complexity index is 249. The molecule has 0 fully saturated rings. The lowest BCUT2D eigenvalue weighted by atomic mass is 10.1. The Morgan fingerprint density at radius 2 is 2.07 bits per heavy atom. The highest BCUT2D eigenvalue weighted by molar-refractivity contribution is 4.97. The molecule has 1 heterocycles. The van der Waals surface area contributed by atoms with Gasteiger partial charge in [-0.25, -0.2) is 0 Å². The van der Waals surface area contributed by atoms with Crippen molar-refractivity contribution < 1.29 is 4.42 Å². The molecule has 86 valence electrons. The Hall–Kier alpha value is -0.800. The topological polar surface area (TPSA) is 37.2 Å². The van der Waals surface area contributed by atoms with E-state index in [1.54, 1.807) is 6.26 Å². The van der Waals surface area contributed by atoms with E-state index in [1.807, 2.05) is 12.1 Å². The van der Waals surface area contributed by atoms with Gasteiger partial charge in [-0.2, -0.15) is 0 Å². The summed E-state index contributed by atoms with van der Waals surface area (Å²) in [6.45, 7) is 9.44. The van der Waals surface area contributed by atoms with Gasteiger partial charge in [-0.05, 0) is 52.4 Å². The monoisotopic (exact) mass is 210 g/mol. The average Bonchev–Trinajstić information content (AvgIpc) is 2.61. The third-order valence-electron chi connectivity index (χ3n) is 2.06. The van der Waals surface area contributed by atoms with Gasteiger partial charge in [0.05, 0.1) is 12.8 Å². The van der Waals surface area contributed by atoms with Gasteiger partial charge in [0, 0.05) is 5.54 Å². The molecule has 0 amide bonds. The van der Waals surface area contributed by atoms with Crippen molar-refractivity contribution in [3.8, 4) is 0 Å². The molecule has 0 unspecified atom stereocenters. The Morgan fingerprint density at radius 3 is 2.67 bits per heavy atom. The molecule has 0 aliphatic rings. The van der Waals surface area contributed by atoms with Crippen LogP contribution in [0, 0.1) is 0 Å². The second-order valence-electron chi connectivity index (χ2n) is 4.79. The minimum absolute atomic E-state index is 0.223. The highest BCUT2D eigenvalue weighted by Crippen LogP contribution is 1.99. The average molecular weight is 210 g/mol. The second-order valence-corrected chi connectivity index (χ2v) is 4.79. The molecule has 3 nitrogen and oxygen atoms in total. The normalized spacial score (nSPS) is 11.9. The summed E-state index contributed by atoms with van der Waals surface area (Å²) in [5.41, 5.74) is 0.223. The summed E-state index contributed by atoms with van der Waals surface area (Å²) in [5, 5.41) is 6.79. The van der Waals surface area contributed by atoms with E-state index in [9.17, 15) is 0 Å². The zero-order chi connectivity index (χ0) is 11.1. The molecule has 15 heavy (non-hydrogen) atoms. The zero-order valence-corrected chi connectivity index (χ0v) is 9.97. The minimum Gasteiger partial charge on any atom is -0.468 e. The summed E-state index contributed by atoms with van der Waals surface area (Å²) in [6, 6.07) is 3.90. The Balaban J connectivity index is 1.94. The molecule has 0 aromatic carbocycles. The van der Waals surface area contributed by atoms with Crippen molar-refractivity contribution in [3.05, 3.63) is 24.2 Å². The van der Waals surface area contributed by atoms with Gasteiger partial charge in [0.15, 0.2) is 0 Å². The summed E-state index contributed by atoms with van der Waals surface area (Å²) in [7, 11) is 0. The first kappa shape index (κ1) is 12.3. The Labute approximate surface area is 92.2 Å². The SMILES string of the molecule is CC(C)(C)NCCCNCc1ccco1. The lowest BCUT2D eigenvalue weighted by Crippen LogP contribution is -2.37. The van der Waals surface area contributed by atoms with Crippen molar-refractivity contribution in [3.63, 3.8) is 0 Å². The molecule has 0 saturated heterocycles. The fraction of sp³-hybridized carbons (Fsp3) is 0.667. The van der Waals surface area contributed by atoms with E-state index in [0.29, 0.717) is 0 Å². The smallest absolute Gasteiger partial charge is 0.117 e. The largest absolute Gasteiger partial charge is 0.468 e. The quantitative estimate of drug-likeness (QED) is 0.706. The van der Waals surface area contributed by atoms with Gasteiger partial charge >= 0.3 is 0 Å². The van der Waals surface area contributed by atoms with Crippen LogP contribution in [0.25, 0.3) is 0 Å². The van der Waals surface area contributed by atoms with Crippen molar-refractivity contribution in [2.24, 2.45) is 0 Å². The lowest BCUT2D eigenvalue weighted by molar-refractivity contribution is 0.415. The van der Waals surface area contributed by atoms with E-state index >= 15 is 0 Å². The van der Waals surface area contributed by atoms with Crippen LogP contribution in [0.15, 0.2) is 22.8 Å². The summed E-state index contributed by atoms with van der Waals surface area (Å²) in [5.74, 6) is 0.999. The molecule has 0 saturated carbocycles. The number of nitrogens with one attached hydrogen (secondary N) is 2. The molecule has 3 heteroatoms. The number of furan rings is 1. The molecule has 0 atom stereocenters. The van der Waals surface area contributed by atoms with Gasteiger partial charge in [-0.3, -0.25) is 0 Å². The van der Waals surface area contributed by atoms with Gasteiger partial charge in [0.2, 0.25) is 0 Å². The Kier molecular flexibility index (Phi) is 4.85. The maximum Gasteiger partial charge on any atom is 0.117 e. The van der Waals surface area contributed by atoms with Crippen LogP contribution in [-0.2, 0) is 6.54 Å². The van der Waals surface area contributed by atoms with E-state index in [0.717, 1.165) is 31.8 Å². The van der Waals surface area contributed by atoms with Crippen molar-refractivity contribution in [1.29, 1.82) is 0 Å².